The average Bonchev–Trinajstić information content (AvgIpc) is 3.69. The molecule has 188 valence electrons. The van der Waals surface area contributed by atoms with E-state index < -0.39 is 11.8 Å². The van der Waals surface area contributed by atoms with Gasteiger partial charge in [-0.2, -0.15) is 0 Å². The lowest BCUT2D eigenvalue weighted by molar-refractivity contribution is 0.0691. The van der Waals surface area contributed by atoms with E-state index in [9.17, 15) is 14.3 Å². The number of nitrogens with zero attached hydrogens (tertiary/aromatic N) is 1. The maximum Gasteiger partial charge on any atom is 0.338 e. The lowest BCUT2D eigenvalue weighted by Crippen LogP contribution is -2.38. The molecular formula is C29H28Cl2FNO3. The molecule has 0 spiro atoms. The van der Waals surface area contributed by atoms with Gasteiger partial charge >= 0.3 is 5.97 Å². The van der Waals surface area contributed by atoms with Crippen molar-refractivity contribution < 1.29 is 19.0 Å². The van der Waals surface area contributed by atoms with E-state index in [2.05, 4.69) is 17.0 Å². The molecule has 4 nitrogen and oxygen atoms in total. The number of hydrogen-bond donors (Lipinski definition) is 1. The van der Waals surface area contributed by atoms with Gasteiger partial charge in [0, 0.05) is 16.1 Å². The fourth-order valence-electron chi connectivity index (χ4n) is 5.13. The van der Waals surface area contributed by atoms with Crippen LogP contribution in [-0.4, -0.2) is 35.7 Å². The van der Waals surface area contributed by atoms with Gasteiger partial charge in [0.05, 0.1) is 18.2 Å². The molecule has 36 heavy (non-hydrogen) atoms. The topological polar surface area (TPSA) is 49.8 Å². The van der Waals surface area contributed by atoms with Gasteiger partial charge in [0.2, 0.25) is 0 Å². The molecule has 1 aliphatic carbocycles. The van der Waals surface area contributed by atoms with Crippen LogP contribution in [0.5, 0.6) is 5.75 Å². The quantitative estimate of drug-likeness (QED) is 0.327. The van der Waals surface area contributed by atoms with Crippen LogP contribution in [0.25, 0.3) is 0 Å². The van der Waals surface area contributed by atoms with Crippen molar-refractivity contribution in [2.45, 2.75) is 37.6 Å². The summed E-state index contributed by atoms with van der Waals surface area (Å²) in [4.78, 5) is 13.8. The molecule has 0 amide bonds. The third-order valence-corrected chi connectivity index (χ3v) is 7.63. The molecular weight excluding hydrogens is 500 g/mol. The molecule has 0 atom stereocenters. The normalized spacial score (nSPS) is 16.9. The predicted octanol–water partition coefficient (Wildman–Crippen LogP) is 7.59. The summed E-state index contributed by atoms with van der Waals surface area (Å²) in [6.45, 7) is 2.23. The molecule has 2 aliphatic rings. The van der Waals surface area contributed by atoms with Gasteiger partial charge in [-0.25, -0.2) is 9.18 Å². The molecule has 0 bridgehead atoms. The SMILES string of the molecule is O=C(O)c1cc(C2CC2)c(OCC2CCN(C(c3cccc(Cl)c3)c3cccc(Cl)c3)CC2)cc1F. The summed E-state index contributed by atoms with van der Waals surface area (Å²) in [5.74, 6) is -0.922. The molecule has 0 radical (unpaired) electrons. The summed E-state index contributed by atoms with van der Waals surface area (Å²) in [5, 5.41) is 10.7. The van der Waals surface area contributed by atoms with E-state index in [1.807, 2.05) is 36.4 Å². The zero-order valence-electron chi connectivity index (χ0n) is 19.8. The molecule has 7 heteroatoms. The second kappa shape index (κ2) is 10.8. The fraction of sp³-hybridized carbons (Fsp3) is 0.345. The Hall–Kier alpha value is -2.60. The number of ether oxygens (including phenoxy) is 1. The van der Waals surface area contributed by atoms with Crippen molar-refractivity contribution in [2.75, 3.05) is 19.7 Å². The van der Waals surface area contributed by atoms with Crippen molar-refractivity contribution in [1.29, 1.82) is 0 Å². The van der Waals surface area contributed by atoms with Crippen LogP contribution in [0, 0.1) is 11.7 Å². The zero-order chi connectivity index (χ0) is 25.2. The van der Waals surface area contributed by atoms with Gasteiger partial charge in [-0.3, -0.25) is 4.90 Å². The summed E-state index contributed by atoms with van der Waals surface area (Å²) in [6, 6.07) is 18.7. The molecule has 5 rings (SSSR count). The van der Waals surface area contributed by atoms with E-state index in [1.165, 1.54) is 12.1 Å². The average molecular weight is 528 g/mol. The number of rotatable bonds is 8. The van der Waals surface area contributed by atoms with Gasteiger partial charge in [-0.1, -0.05) is 47.5 Å². The van der Waals surface area contributed by atoms with Crippen LogP contribution in [-0.2, 0) is 0 Å². The van der Waals surface area contributed by atoms with E-state index in [0.29, 0.717) is 28.3 Å². The fourth-order valence-corrected chi connectivity index (χ4v) is 5.52. The number of piperidine rings is 1. The highest BCUT2D eigenvalue weighted by atomic mass is 35.5. The Morgan fingerprint density at radius 1 is 0.972 bits per heavy atom. The number of halogens is 3. The van der Waals surface area contributed by atoms with Gasteiger partial charge in [-0.05, 0) is 97.6 Å². The zero-order valence-corrected chi connectivity index (χ0v) is 21.3. The highest BCUT2D eigenvalue weighted by Crippen LogP contribution is 2.45. The van der Waals surface area contributed by atoms with Crippen LogP contribution in [0.2, 0.25) is 10.0 Å². The molecule has 2 fully saturated rings. The monoisotopic (exact) mass is 527 g/mol. The number of benzene rings is 3. The standard InChI is InChI=1S/C29H28Cl2FNO3/c30-22-5-1-3-20(13-22)28(21-4-2-6-23(31)14-21)33-11-9-18(10-12-33)17-36-27-16-26(32)25(29(34)35)15-24(27)19-7-8-19/h1-6,13-16,18-19,28H,7-12,17H2,(H,34,35). The maximum atomic E-state index is 14.4. The van der Waals surface area contributed by atoms with Crippen LogP contribution >= 0.6 is 23.2 Å². The summed E-state index contributed by atoms with van der Waals surface area (Å²) in [7, 11) is 0. The Bertz CT molecular complexity index is 1210. The van der Waals surface area contributed by atoms with Gasteiger partial charge < -0.3 is 9.84 Å². The molecule has 1 saturated heterocycles. The van der Waals surface area contributed by atoms with Crippen LogP contribution in [0.15, 0.2) is 60.7 Å². The minimum Gasteiger partial charge on any atom is -0.493 e. The first-order valence-electron chi connectivity index (χ1n) is 12.3. The molecule has 0 aromatic heterocycles. The Labute approximate surface area is 220 Å². The lowest BCUT2D eigenvalue weighted by atomic mass is 9.91. The third-order valence-electron chi connectivity index (χ3n) is 7.16. The number of likely N-dealkylation sites (tertiary alicyclic amines) is 1. The van der Waals surface area contributed by atoms with Gasteiger partial charge in [-0.15, -0.1) is 0 Å². The Morgan fingerprint density at radius 3 is 2.11 bits per heavy atom. The number of aromatic carboxylic acids is 1. The molecule has 1 saturated carbocycles. The number of hydrogen-bond acceptors (Lipinski definition) is 3. The van der Waals surface area contributed by atoms with E-state index in [4.69, 9.17) is 27.9 Å². The van der Waals surface area contributed by atoms with Crippen LogP contribution in [0.3, 0.4) is 0 Å². The van der Waals surface area contributed by atoms with Crippen molar-refractivity contribution >= 4 is 29.2 Å². The van der Waals surface area contributed by atoms with Crippen molar-refractivity contribution in [3.05, 3.63) is 98.8 Å². The second-order valence-corrected chi connectivity index (χ2v) is 10.6. The van der Waals surface area contributed by atoms with Crippen molar-refractivity contribution in [2.24, 2.45) is 5.92 Å². The second-order valence-electron chi connectivity index (χ2n) is 9.75. The first kappa shape index (κ1) is 25.1. The summed E-state index contributed by atoms with van der Waals surface area (Å²) in [6.07, 6.45) is 3.83. The van der Waals surface area contributed by atoms with Crippen LogP contribution < -0.4 is 4.74 Å². The highest BCUT2D eigenvalue weighted by molar-refractivity contribution is 6.31. The Morgan fingerprint density at radius 2 is 1.58 bits per heavy atom. The number of carboxylic acid groups (broad SMARTS) is 1. The van der Waals surface area contributed by atoms with Crippen LogP contribution in [0.1, 0.15) is 64.7 Å². The molecule has 1 aliphatic heterocycles. The molecule has 0 unspecified atom stereocenters. The van der Waals surface area contributed by atoms with Gasteiger partial charge in [0.25, 0.3) is 0 Å². The highest BCUT2D eigenvalue weighted by Gasteiger charge is 2.31. The number of carbonyl (C=O) groups is 1. The lowest BCUT2D eigenvalue weighted by Gasteiger charge is -2.38. The van der Waals surface area contributed by atoms with E-state index >= 15 is 0 Å². The largest absolute Gasteiger partial charge is 0.493 e. The van der Waals surface area contributed by atoms with Gasteiger partial charge in [0.15, 0.2) is 0 Å². The first-order chi connectivity index (χ1) is 17.4. The first-order valence-corrected chi connectivity index (χ1v) is 13.1. The minimum atomic E-state index is -1.25. The summed E-state index contributed by atoms with van der Waals surface area (Å²) >= 11 is 12.7. The molecule has 1 heterocycles. The van der Waals surface area contributed by atoms with E-state index in [1.54, 1.807) is 0 Å². The van der Waals surface area contributed by atoms with Crippen molar-refractivity contribution in [3.8, 4) is 5.75 Å². The van der Waals surface area contributed by atoms with Gasteiger partial charge in [0.1, 0.15) is 11.6 Å². The van der Waals surface area contributed by atoms with Crippen molar-refractivity contribution in [3.63, 3.8) is 0 Å². The van der Waals surface area contributed by atoms with Crippen LogP contribution in [0.4, 0.5) is 4.39 Å². The van der Waals surface area contributed by atoms with E-state index in [0.717, 1.165) is 55.5 Å². The third kappa shape index (κ3) is 5.69. The smallest absolute Gasteiger partial charge is 0.338 e. The van der Waals surface area contributed by atoms with E-state index in [-0.39, 0.29) is 17.5 Å². The Kier molecular flexibility index (Phi) is 7.52. The Balaban J connectivity index is 1.28. The minimum absolute atomic E-state index is 0.0448. The molecule has 3 aromatic carbocycles. The van der Waals surface area contributed by atoms with Crippen molar-refractivity contribution in [1.82, 2.24) is 4.90 Å². The molecule has 3 aromatic rings. The summed E-state index contributed by atoms with van der Waals surface area (Å²) < 4.78 is 20.5. The maximum absolute atomic E-state index is 14.4. The summed E-state index contributed by atoms with van der Waals surface area (Å²) in [5.41, 5.74) is 2.78. The molecule has 1 N–H and O–H groups in total. The predicted molar refractivity (Wildman–Crippen MR) is 140 cm³/mol. The number of carboxylic acids is 1.